The number of carbonyl (C=O) groups excluding carboxylic acids is 1. The molecule has 1 heterocycles. The van der Waals surface area contributed by atoms with Crippen LogP contribution in [0.2, 0.25) is 0 Å². The largest absolute Gasteiger partial charge is 0.328 e. The second-order valence-corrected chi connectivity index (χ2v) is 7.95. The van der Waals surface area contributed by atoms with Crippen LogP contribution in [-0.2, 0) is 4.79 Å². The molecule has 0 radical (unpaired) electrons. The van der Waals surface area contributed by atoms with Crippen molar-refractivity contribution in [3.05, 3.63) is 71.8 Å². The summed E-state index contributed by atoms with van der Waals surface area (Å²) in [6, 6.07) is 15.3. The molecule has 5 heteroatoms. The number of terminal acetylenes is 1. The van der Waals surface area contributed by atoms with Gasteiger partial charge < -0.3 is 4.98 Å². The topological polar surface area (TPSA) is 57.8 Å². The standard InChI is InChI=1S/C17H17F.C6H9N3O.C2H2/c1-17(2)11-15(17)13-8-9-16(18)14(10-13)12-6-4-3-5-7-12;1-4-3-7-6(8-4)9-5(2)10;1-2/h3-10,15H,11H2,1-2H3;3H,1-2H3,(H2,7,8,9,10);1-2H/t15-;;/m0../s1. The van der Waals surface area contributed by atoms with Gasteiger partial charge in [0, 0.05) is 24.4 Å². The van der Waals surface area contributed by atoms with E-state index in [0.717, 1.165) is 16.8 Å². The van der Waals surface area contributed by atoms with Gasteiger partial charge in [0.25, 0.3) is 0 Å². The van der Waals surface area contributed by atoms with Crippen LogP contribution in [0.15, 0.2) is 54.7 Å². The quantitative estimate of drug-likeness (QED) is 0.531. The molecule has 1 saturated carbocycles. The third-order valence-electron chi connectivity index (χ3n) is 4.99. The number of hydrogen-bond donors (Lipinski definition) is 2. The SMILES string of the molecule is C#C.CC(=O)Nc1ncc(C)[nH]1.CC1(C)C[C@H]1c1ccc(F)c(-c2ccccc2)c1. The average Bonchev–Trinajstić information content (AvgIpc) is 3.17. The highest BCUT2D eigenvalue weighted by molar-refractivity contribution is 5.86. The Hall–Kier alpha value is -3.39. The number of hydrogen-bond acceptors (Lipinski definition) is 2. The minimum absolute atomic E-state index is 0.116. The fraction of sp³-hybridized carbons (Fsp3) is 0.280. The average molecular weight is 406 g/mol. The zero-order chi connectivity index (χ0) is 22.3. The van der Waals surface area contributed by atoms with E-state index in [2.05, 4.69) is 42.0 Å². The van der Waals surface area contributed by atoms with Gasteiger partial charge in [0.1, 0.15) is 5.82 Å². The summed E-state index contributed by atoms with van der Waals surface area (Å²) in [6.07, 6.45) is 10.9. The van der Waals surface area contributed by atoms with E-state index in [4.69, 9.17) is 0 Å². The van der Waals surface area contributed by atoms with Gasteiger partial charge in [-0.1, -0.05) is 50.2 Å². The molecule has 2 N–H and O–H groups in total. The van der Waals surface area contributed by atoms with Gasteiger partial charge in [-0.15, -0.1) is 12.8 Å². The lowest BCUT2D eigenvalue weighted by atomic mass is 9.97. The first-order chi connectivity index (χ1) is 14.3. The molecule has 0 bridgehead atoms. The van der Waals surface area contributed by atoms with Gasteiger partial charge in [0.15, 0.2) is 0 Å². The first-order valence-corrected chi connectivity index (χ1v) is 9.73. The first kappa shape index (κ1) is 22.9. The van der Waals surface area contributed by atoms with E-state index in [1.807, 2.05) is 49.4 Å². The molecular weight excluding hydrogens is 377 g/mol. The van der Waals surface area contributed by atoms with Crippen molar-refractivity contribution in [2.45, 2.75) is 40.0 Å². The van der Waals surface area contributed by atoms with Crippen molar-refractivity contribution < 1.29 is 9.18 Å². The summed E-state index contributed by atoms with van der Waals surface area (Å²) >= 11 is 0. The molecule has 2 aromatic carbocycles. The number of rotatable bonds is 3. The van der Waals surface area contributed by atoms with Crippen LogP contribution >= 0.6 is 0 Å². The second-order valence-electron chi connectivity index (χ2n) is 7.95. The molecule has 30 heavy (non-hydrogen) atoms. The summed E-state index contributed by atoms with van der Waals surface area (Å²) in [6.45, 7) is 7.85. The number of aryl methyl sites for hydroxylation is 1. The number of nitrogens with one attached hydrogen (secondary N) is 2. The van der Waals surface area contributed by atoms with Gasteiger partial charge in [-0.25, -0.2) is 9.37 Å². The molecule has 1 fully saturated rings. The number of amides is 1. The molecule has 1 amide bonds. The van der Waals surface area contributed by atoms with Gasteiger partial charge in [0.05, 0.1) is 0 Å². The van der Waals surface area contributed by atoms with Crippen molar-refractivity contribution in [1.29, 1.82) is 0 Å². The molecule has 1 aliphatic rings. The number of nitrogens with zero attached hydrogens (tertiary/aromatic N) is 1. The van der Waals surface area contributed by atoms with Crippen molar-refractivity contribution in [2.75, 3.05) is 5.32 Å². The summed E-state index contributed by atoms with van der Waals surface area (Å²) < 4.78 is 13.9. The molecule has 4 rings (SSSR count). The van der Waals surface area contributed by atoms with E-state index in [-0.39, 0.29) is 11.7 Å². The molecule has 0 saturated heterocycles. The fourth-order valence-electron chi connectivity index (χ4n) is 3.28. The van der Waals surface area contributed by atoms with Crippen LogP contribution in [0.3, 0.4) is 0 Å². The van der Waals surface area contributed by atoms with Crippen LogP contribution in [0.4, 0.5) is 10.3 Å². The normalized spacial score (nSPS) is 15.6. The van der Waals surface area contributed by atoms with Crippen LogP contribution in [0.5, 0.6) is 0 Å². The minimum Gasteiger partial charge on any atom is -0.328 e. The van der Waals surface area contributed by atoms with Crippen LogP contribution in [0, 0.1) is 31.0 Å². The predicted molar refractivity (Wildman–Crippen MR) is 120 cm³/mol. The number of H-pyrrole nitrogens is 1. The van der Waals surface area contributed by atoms with Crippen molar-refractivity contribution in [3.8, 4) is 24.0 Å². The highest BCUT2D eigenvalue weighted by atomic mass is 19.1. The van der Waals surface area contributed by atoms with E-state index in [0.29, 0.717) is 17.3 Å². The Kier molecular flexibility index (Phi) is 7.54. The summed E-state index contributed by atoms with van der Waals surface area (Å²) in [5, 5.41) is 2.52. The van der Waals surface area contributed by atoms with E-state index in [9.17, 15) is 9.18 Å². The van der Waals surface area contributed by atoms with Gasteiger partial charge in [-0.2, -0.15) is 0 Å². The van der Waals surface area contributed by atoms with E-state index in [1.165, 1.54) is 18.9 Å². The zero-order valence-corrected chi connectivity index (χ0v) is 17.9. The van der Waals surface area contributed by atoms with Gasteiger partial charge >= 0.3 is 0 Å². The highest BCUT2D eigenvalue weighted by Crippen LogP contribution is 2.58. The highest BCUT2D eigenvalue weighted by Gasteiger charge is 2.46. The second kappa shape index (κ2) is 9.89. The van der Waals surface area contributed by atoms with E-state index >= 15 is 0 Å². The van der Waals surface area contributed by atoms with Gasteiger partial charge in [-0.3, -0.25) is 10.1 Å². The molecule has 3 aromatic rings. The summed E-state index contributed by atoms with van der Waals surface area (Å²) in [5.74, 6) is 0.836. The number of halogens is 1. The molecule has 1 aliphatic carbocycles. The minimum atomic E-state index is -0.136. The zero-order valence-electron chi connectivity index (χ0n) is 17.9. The molecule has 1 aromatic heterocycles. The first-order valence-electron chi connectivity index (χ1n) is 9.73. The van der Waals surface area contributed by atoms with E-state index in [1.54, 1.807) is 12.3 Å². The van der Waals surface area contributed by atoms with Gasteiger partial charge in [-0.05, 0) is 47.9 Å². The maximum Gasteiger partial charge on any atom is 0.223 e. The number of carbonyl (C=O) groups is 1. The lowest BCUT2D eigenvalue weighted by Crippen LogP contribution is -2.06. The molecular formula is C25H28FN3O. The number of benzene rings is 2. The summed E-state index contributed by atoms with van der Waals surface area (Å²) in [7, 11) is 0. The number of anilines is 1. The van der Waals surface area contributed by atoms with Crippen LogP contribution in [0.25, 0.3) is 11.1 Å². The Morgan fingerprint density at radius 2 is 1.83 bits per heavy atom. The summed E-state index contributed by atoms with van der Waals surface area (Å²) in [5.41, 5.74) is 4.25. The molecule has 1 atom stereocenters. The maximum absolute atomic E-state index is 13.9. The Balaban J connectivity index is 0.000000228. The van der Waals surface area contributed by atoms with Crippen LogP contribution in [0.1, 0.15) is 44.4 Å². The maximum atomic E-state index is 13.9. The Labute approximate surface area is 178 Å². The molecule has 0 spiro atoms. The van der Waals surface area contributed by atoms with Crippen LogP contribution in [-0.4, -0.2) is 15.9 Å². The molecule has 0 aliphatic heterocycles. The fourth-order valence-corrected chi connectivity index (χ4v) is 3.28. The molecule has 4 nitrogen and oxygen atoms in total. The van der Waals surface area contributed by atoms with Crippen molar-refractivity contribution in [3.63, 3.8) is 0 Å². The lowest BCUT2D eigenvalue weighted by Gasteiger charge is -2.08. The number of aromatic amines is 1. The monoisotopic (exact) mass is 405 g/mol. The molecule has 0 unspecified atom stereocenters. The Morgan fingerprint density at radius 1 is 1.20 bits per heavy atom. The van der Waals surface area contributed by atoms with Crippen LogP contribution < -0.4 is 5.32 Å². The lowest BCUT2D eigenvalue weighted by molar-refractivity contribution is -0.114. The predicted octanol–water partition coefficient (Wildman–Crippen LogP) is 5.93. The third kappa shape index (κ3) is 6.05. The van der Waals surface area contributed by atoms with Crippen molar-refractivity contribution in [2.24, 2.45) is 5.41 Å². The number of aromatic nitrogens is 2. The Bertz CT molecular complexity index is 1010. The van der Waals surface area contributed by atoms with Gasteiger partial charge in [0.2, 0.25) is 11.9 Å². The number of imidazole rings is 1. The molecule has 156 valence electrons. The third-order valence-corrected chi connectivity index (χ3v) is 4.99. The van der Waals surface area contributed by atoms with Crippen molar-refractivity contribution >= 4 is 11.9 Å². The summed E-state index contributed by atoms with van der Waals surface area (Å²) in [4.78, 5) is 17.2. The smallest absolute Gasteiger partial charge is 0.223 e. The van der Waals surface area contributed by atoms with Crippen molar-refractivity contribution in [1.82, 2.24) is 9.97 Å². The van der Waals surface area contributed by atoms with E-state index < -0.39 is 0 Å². The Morgan fingerprint density at radius 3 is 2.33 bits per heavy atom.